The number of hydrogen-bond acceptors (Lipinski definition) is 1. The van der Waals surface area contributed by atoms with Crippen LogP contribution in [-0.4, -0.2) is 0 Å². The van der Waals surface area contributed by atoms with Crippen molar-refractivity contribution < 1.29 is 9.15 Å². The summed E-state index contributed by atoms with van der Waals surface area (Å²) in [5.41, 5.74) is 1.14. The van der Waals surface area contributed by atoms with E-state index in [2.05, 4.69) is 31.2 Å². The van der Waals surface area contributed by atoms with Crippen LogP contribution in [0.2, 0.25) is 0 Å². The van der Waals surface area contributed by atoms with Gasteiger partial charge in [-0.15, -0.1) is 0 Å². The van der Waals surface area contributed by atoms with Crippen LogP contribution in [0.25, 0.3) is 10.8 Å². The Morgan fingerprint density at radius 1 is 0.955 bits per heavy atom. The Hall–Kier alpha value is -2.35. The summed E-state index contributed by atoms with van der Waals surface area (Å²) < 4.78 is 12.0. The van der Waals surface area contributed by atoms with Crippen LogP contribution >= 0.6 is 0 Å². The maximum absolute atomic E-state index is 5.99. The van der Waals surface area contributed by atoms with E-state index in [0.717, 1.165) is 36.0 Å². The Morgan fingerprint density at radius 3 is 2.55 bits per heavy atom. The SMILES string of the molecule is CCCCc1cc2ccccc2c(OCc2ccccc2)[o+]1. The fraction of sp³-hybridized carbons (Fsp3) is 0.250. The van der Waals surface area contributed by atoms with Crippen LogP contribution in [0.5, 0.6) is 5.95 Å². The first kappa shape index (κ1) is 14.6. The molecule has 0 spiro atoms. The Bertz CT molecular complexity index is 735. The number of hydrogen-bond donors (Lipinski definition) is 0. The molecule has 3 rings (SSSR count). The van der Waals surface area contributed by atoms with Gasteiger partial charge in [-0.2, -0.15) is 0 Å². The molecule has 0 saturated carbocycles. The van der Waals surface area contributed by atoms with Gasteiger partial charge in [0.2, 0.25) is 12.4 Å². The molecule has 0 radical (unpaired) electrons. The van der Waals surface area contributed by atoms with Gasteiger partial charge in [-0.25, -0.2) is 0 Å². The third-order valence-electron chi connectivity index (χ3n) is 3.71. The number of rotatable bonds is 6. The van der Waals surface area contributed by atoms with Crippen LogP contribution in [0, 0.1) is 0 Å². The molecule has 1 aromatic heterocycles. The van der Waals surface area contributed by atoms with Gasteiger partial charge in [-0.05, 0) is 12.5 Å². The molecule has 0 unspecified atom stereocenters. The molecule has 22 heavy (non-hydrogen) atoms. The molecule has 0 saturated heterocycles. The molecule has 0 fully saturated rings. The summed E-state index contributed by atoms with van der Waals surface area (Å²) in [5, 5.41) is 2.20. The average Bonchev–Trinajstić information content (AvgIpc) is 2.58. The number of unbranched alkanes of at least 4 members (excludes halogenated alkanes) is 1. The van der Waals surface area contributed by atoms with E-state index in [4.69, 9.17) is 9.15 Å². The van der Waals surface area contributed by atoms with Crippen LogP contribution in [-0.2, 0) is 13.0 Å². The van der Waals surface area contributed by atoms with Gasteiger partial charge in [-0.3, -0.25) is 4.42 Å². The topological polar surface area (TPSA) is 20.5 Å². The highest BCUT2D eigenvalue weighted by Gasteiger charge is 2.19. The van der Waals surface area contributed by atoms with Crippen LogP contribution < -0.4 is 4.74 Å². The smallest absolute Gasteiger partial charge is 0.312 e. The Labute approximate surface area is 131 Å². The summed E-state index contributed by atoms with van der Waals surface area (Å²) >= 11 is 0. The summed E-state index contributed by atoms with van der Waals surface area (Å²) in [4.78, 5) is 0. The molecule has 112 valence electrons. The maximum Gasteiger partial charge on any atom is 0.526 e. The van der Waals surface area contributed by atoms with Gasteiger partial charge < -0.3 is 4.74 Å². The lowest BCUT2D eigenvalue weighted by atomic mass is 10.1. The van der Waals surface area contributed by atoms with Gasteiger partial charge in [0.15, 0.2) is 0 Å². The van der Waals surface area contributed by atoms with Crippen molar-refractivity contribution in [2.45, 2.75) is 32.8 Å². The minimum atomic E-state index is 0.519. The normalized spacial score (nSPS) is 10.8. The van der Waals surface area contributed by atoms with Crippen molar-refractivity contribution >= 4 is 10.8 Å². The lowest BCUT2D eigenvalue weighted by molar-refractivity contribution is 0.225. The standard InChI is InChI=1S/C20H21O2/c1-2-3-12-18-14-17-11-7-8-13-19(17)20(22-18)21-15-16-9-5-4-6-10-16/h4-11,13-14H,2-3,12,15H2,1H3/q+1. The Morgan fingerprint density at radius 2 is 1.73 bits per heavy atom. The van der Waals surface area contributed by atoms with Gasteiger partial charge in [0.1, 0.15) is 5.39 Å². The van der Waals surface area contributed by atoms with E-state index in [-0.39, 0.29) is 0 Å². The van der Waals surface area contributed by atoms with Gasteiger partial charge >= 0.3 is 5.95 Å². The summed E-state index contributed by atoms with van der Waals surface area (Å²) in [5.74, 6) is 1.61. The maximum atomic E-state index is 5.99. The van der Waals surface area contributed by atoms with E-state index in [0.29, 0.717) is 12.6 Å². The molecule has 0 atom stereocenters. The van der Waals surface area contributed by atoms with E-state index >= 15 is 0 Å². The summed E-state index contributed by atoms with van der Waals surface area (Å²) in [6.45, 7) is 2.71. The minimum Gasteiger partial charge on any atom is -0.312 e. The van der Waals surface area contributed by atoms with Crippen molar-refractivity contribution in [3.63, 3.8) is 0 Å². The third-order valence-corrected chi connectivity index (χ3v) is 3.71. The highest BCUT2D eigenvalue weighted by atomic mass is 16.6. The summed E-state index contributed by atoms with van der Waals surface area (Å²) in [6, 6.07) is 20.5. The van der Waals surface area contributed by atoms with Gasteiger partial charge in [0, 0.05) is 23.4 Å². The summed E-state index contributed by atoms with van der Waals surface area (Å²) in [7, 11) is 0. The van der Waals surface area contributed by atoms with Gasteiger partial charge in [-0.1, -0.05) is 61.9 Å². The molecule has 0 aliphatic heterocycles. The van der Waals surface area contributed by atoms with E-state index in [9.17, 15) is 0 Å². The fourth-order valence-electron chi connectivity index (χ4n) is 2.49. The highest BCUT2D eigenvalue weighted by molar-refractivity contribution is 5.86. The molecule has 0 aliphatic carbocycles. The van der Waals surface area contributed by atoms with Crippen molar-refractivity contribution in [3.8, 4) is 5.95 Å². The zero-order valence-electron chi connectivity index (χ0n) is 12.9. The van der Waals surface area contributed by atoms with Crippen LogP contribution in [0.15, 0.2) is 65.1 Å². The molecule has 1 heterocycles. The molecule has 0 N–H and O–H groups in total. The Kier molecular flexibility index (Phi) is 4.69. The van der Waals surface area contributed by atoms with Crippen molar-refractivity contribution in [2.24, 2.45) is 0 Å². The summed E-state index contributed by atoms with van der Waals surface area (Å²) in [6.07, 6.45) is 3.23. The first-order valence-corrected chi connectivity index (χ1v) is 7.88. The number of benzene rings is 2. The second kappa shape index (κ2) is 7.08. The van der Waals surface area contributed by atoms with Crippen molar-refractivity contribution in [2.75, 3.05) is 0 Å². The third kappa shape index (κ3) is 3.45. The van der Waals surface area contributed by atoms with E-state index in [1.807, 2.05) is 36.4 Å². The molecule has 2 nitrogen and oxygen atoms in total. The average molecular weight is 293 g/mol. The molecular formula is C20H21O2+. The van der Waals surface area contributed by atoms with E-state index in [1.54, 1.807) is 0 Å². The highest BCUT2D eigenvalue weighted by Crippen LogP contribution is 2.29. The largest absolute Gasteiger partial charge is 0.526 e. The lowest BCUT2D eigenvalue weighted by Crippen LogP contribution is -1.97. The van der Waals surface area contributed by atoms with Crippen LogP contribution in [0.4, 0.5) is 0 Å². The van der Waals surface area contributed by atoms with Crippen molar-refractivity contribution in [1.82, 2.24) is 0 Å². The number of ether oxygens (including phenoxy) is 1. The minimum absolute atomic E-state index is 0.519. The molecule has 0 aliphatic rings. The number of aryl methyl sites for hydroxylation is 1. The Balaban J connectivity index is 1.88. The zero-order valence-corrected chi connectivity index (χ0v) is 12.9. The molecule has 2 heteroatoms. The first-order chi connectivity index (χ1) is 10.9. The molecule has 0 bridgehead atoms. The molecular weight excluding hydrogens is 272 g/mol. The van der Waals surface area contributed by atoms with Gasteiger partial charge in [0.25, 0.3) is 0 Å². The first-order valence-electron chi connectivity index (χ1n) is 7.88. The van der Waals surface area contributed by atoms with Gasteiger partial charge in [0.05, 0.1) is 0 Å². The second-order valence-electron chi connectivity index (χ2n) is 5.47. The van der Waals surface area contributed by atoms with Crippen LogP contribution in [0.3, 0.4) is 0 Å². The second-order valence-corrected chi connectivity index (χ2v) is 5.47. The number of fused-ring (bicyclic) bond motifs is 1. The zero-order chi connectivity index (χ0) is 15.2. The quantitative estimate of drug-likeness (QED) is 0.548. The molecule has 2 aromatic carbocycles. The van der Waals surface area contributed by atoms with E-state index < -0.39 is 0 Å². The lowest BCUT2D eigenvalue weighted by Gasteiger charge is -2.01. The predicted molar refractivity (Wildman–Crippen MR) is 90.0 cm³/mol. The van der Waals surface area contributed by atoms with E-state index in [1.165, 1.54) is 5.39 Å². The van der Waals surface area contributed by atoms with Crippen LogP contribution in [0.1, 0.15) is 31.1 Å². The molecule has 3 aromatic rings. The fourth-order valence-corrected chi connectivity index (χ4v) is 2.49. The van der Waals surface area contributed by atoms with Crippen molar-refractivity contribution in [1.29, 1.82) is 0 Å². The predicted octanol–water partition coefficient (Wildman–Crippen LogP) is 5.64. The molecule has 0 amide bonds. The van der Waals surface area contributed by atoms with Crippen molar-refractivity contribution in [3.05, 3.63) is 72.0 Å². The monoisotopic (exact) mass is 293 g/mol.